The fourth-order valence-electron chi connectivity index (χ4n) is 4.13. The number of benzene rings is 1. The predicted molar refractivity (Wildman–Crippen MR) is 126 cm³/mol. The fraction of sp³-hybridized carbons (Fsp3) is 0.320. The number of amides is 1. The number of halogens is 1. The molecule has 0 unspecified atom stereocenters. The molecule has 2 aromatic rings. The van der Waals surface area contributed by atoms with Gasteiger partial charge in [0.15, 0.2) is 0 Å². The summed E-state index contributed by atoms with van der Waals surface area (Å²) in [6, 6.07) is 9.30. The molecule has 0 radical (unpaired) electrons. The first-order valence-corrected chi connectivity index (χ1v) is 11.3. The summed E-state index contributed by atoms with van der Waals surface area (Å²) in [5.41, 5.74) is 5.31. The van der Waals surface area contributed by atoms with Crippen LogP contribution in [0.25, 0.3) is 17.4 Å². The van der Waals surface area contributed by atoms with Gasteiger partial charge in [-0.05, 0) is 68.2 Å². The average Bonchev–Trinajstić information content (AvgIpc) is 2.94. The molecule has 1 fully saturated rings. The monoisotopic (exact) mass is 468 g/mol. The minimum absolute atomic E-state index is 0.209. The topological polar surface area (TPSA) is 78.0 Å². The van der Waals surface area contributed by atoms with Crippen LogP contribution >= 0.6 is 11.6 Å². The zero-order valence-corrected chi connectivity index (χ0v) is 19.4. The van der Waals surface area contributed by atoms with Crippen molar-refractivity contribution >= 4 is 41.3 Å². The van der Waals surface area contributed by atoms with E-state index in [0.29, 0.717) is 54.6 Å². The van der Waals surface area contributed by atoms with E-state index in [0.717, 1.165) is 16.7 Å². The van der Waals surface area contributed by atoms with Crippen molar-refractivity contribution in [1.82, 2.24) is 9.88 Å². The Morgan fingerprint density at radius 3 is 2.55 bits per heavy atom. The van der Waals surface area contributed by atoms with Gasteiger partial charge in [-0.15, -0.1) is 0 Å². The lowest BCUT2D eigenvalue weighted by atomic mass is 9.88. The van der Waals surface area contributed by atoms with Crippen LogP contribution in [0.5, 0.6) is 0 Å². The first-order valence-electron chi connectivity index (χ1n) is 11.0. The number of carbonyl (C=O) groups is 2. The third kappa shape index (κ3) is 4.88. The normalized spacial score (nSPS) is 15.1. The highest BCUT2D eigenvalue weighted by atomic mass is 35.5. The minimum Gasteiger partial charge on any atom is -0.450 e. The third-order valence-corrected chi connectivity index (χ3v) is 5.82. The Morgan fingerprint density at radius 2 is 1.82 bits per heavy atom. The Labute approximate surface area is 197 Å². The van der Waals surface area contributed by atoms with Crippen LogP contribution in [-0.2, 0) is 14.2 Å². The van der Waals surface area contributed by atoms with Gasteiger partial charge in [0, 0.05) is 35.4 Å². The Balaban J connectivity index is 1.81. The molecule has 8 heteroatoms. The molecule has 1 amide bonds. The van der Waals surface area contributed by atoms with E-state index in [2.05, 4.69) is 4.98 Å². The molecule has 0 saturated carbocycles. The van der Waals surface area contributed by atoms with Crippen molar-refractivity contribution in [3.8, 4) is 0 Å². The fourth-order valence-corrected chi connectivity index (χ4v) is 4.31. The lowest BCUT2D eigenvalue weighted by Crippen LogP contribution is -2.37. The maximum absolute atomic E-state index is 12.2. The summed E-state index contributed by atoms with van der Waals surface area (Å²) in [5.74, 6) is 0.347. The van der Waals surface area contributed by atoms with E-state index in [-0.39, 0.29) is 12.7 Å². The van der Waals surface area contributed by atoms with Gasteiger partial charge in [-0.3, -0.25) is 4.98 Å². The number of likely N-dealkylation sites (tertiary alicyclic amines) is 1. The molecule has 4 rings (SSSR count). The van der Waals surface area contributed by atoms with Gasteiger partial charge in [0.25, 0.3) is 0 Å². The van der Waals surface area contributed by atoms with Crippen molar-refractivity contribution in [3.05, 3.63) is 69.5 Å². The molecule has 0 N–H and O–H groups in total. The van der Waals surface area contributed by atoms with Crippen LogP contribution in [0.15, 0.2) is 42.1 Å². The molecule has 2 heterocycles. The molecule has 0 spiro atoms. The lowest BCUT2D eigenvalue weighted by molar-refractivity contribution is 0.0955. The van der Waals surface area contributed by atoms with E-state index in [4.69, 9.17) is 25.8 Å². The van der Waals surface area contributed by atoms with Gasteiger partial charge in [-0.25, -0.2) is 9.59 Å². The molecule has 1 aliphatic carbocycles. The lowest BCUT2D eigenvalue weighted by Gasteiger charge is -2.29. The van der Waals surface area contributed by atoms with Crippen molar-refractivity contribution in [2.75, 3.05) is 26.3 Å². The van der Waals surface area contributed by atoms with Crippen LogP contribution < -0.4 is 0 Å². The van der Waals surface area contributed by atoms with E-state index < -0.39 is 6.16 Å². The Kier molecular flexibility index (Phi) is 6.99. The molecular formula is C25H25ClN2O5. The molecular weight excluding hydrogens is 444 g/mol. The first-order chi connectivity index (χ1) is 16.0. The number of hydrogen-bond acceptors (Lipinski definition) is 6. The quantitative estimate of drug-likeness (QED) is 0.532. The zero-order chi connectivity index (χ0) is 23.4. The predicted octanol–water partition coefficient (Wildman–Crippen LogP) is 5.77. The van der Waals surface area contributed by atoms with Gasteiger partial charge in [0.1, 0.15) is 5.76 Å². The molecule has 7 nitrogen and oxygen atoms in total. The van der Waals surface area contributed by atoms with Crippen molar-refractivity contribution < 1.29 is 23.8 Å². The van der Waals surface area contributed by atoms with Crippen molar-refractivity contribution in [2.24, 2.45) is 0 Å². The zero-order valence-electron chi connectivity index (χ0n) is 18.6. The van der Waals surface area contributed by atoms with Gasteiger partial charge < -0.3 is 19.1 Å². The number of ether oxygens (including phenoxy) is 3. The van der Waals surface area contributed by atoms with Crippen molar-refractivity contribution in [2.45, 2.75) is 26.7 Å². The summed E-state index contributed by atoms with van der Waals surface area (Å²) >= 11 is 6.31. The summed E-state index contributed by atoms with van der Waals surface area (Å²) in [4.78, 5) is 30.7. The molecule has 1 saturated heterocycles. The molecule has 1 aromatic carbocycles. The second kappa shape index (κ2) is 10.1. The maximum Gasteiger partial charge on any atom is 0.513 e. The molecule has 33 heavy (non-hydrogen) atoms. The number of nitrogens with zero attached hydrogens (tertiary/aromatic N) is 2. The van der Waals surface area contributed by atoms with Gasteiger partial charge in [0.2, 0.25) is 0 Å². The number of fused-ring (bicyclic) bond motifs is 2. The smallest absolute Gasteiger partial charge is 0.450 e. The van der Waals surface area contributed by atoms with Crippen LogP contribution in [0.3, 0.4) is 0 Å². The highest BCUT2D eigenvalue weighted by Crippen LogP contribution is 2.41. The van der Waals surface area contributed by atoms with Crippen LogP contribution in [-0.4, -0.2) is 48.4 Å². The molecule has 2 aliphatic rings. The summed E-state index contributed by atoms with van der Waals surface area (Å²) < 4.78 is 15.7. The van der Waals surface area contributed by atoms with Crippen molar-refractivity contribution in [3.63, 3.8) is 0 Å². The van der Waals surface area contributed by atoms with E-state index in [9.17, 15) is 9.59 Å². The molecule has 172 valence electrons. The number of carbonyl (C=O) groups excluding carboxylic acids is 2. The second-order valence-corrected chi connectivity index (χ2v) is 8.03. The van der Waals surface area contributed by atoms with Gasteiger partial charge in [-0.2, -0.15) is 0 Å². The molecule has 0 bridgehead atoms. The van der Waals surface area contributed by atoms with E-state index in [1.54, 1.807) is 37.1 Å². The van der Waals surface area contributed by atoms with E-state index >= 15 is 0 Å². The third-order valence-electron chi connectivity index (χ3n) is 5.58. The summed E-state index contributed by atoms with van der Waals surface area (Å²) in [7, 11) is 0. The Bertz CT molecular complexity index is 1130. The Morgan fingerprint density at radius 1 is 1.06 bits per heavy atom. The van der Waals surface area contributed by atoms with Crippen LogP contribution in [0.1, 0.15) is 49.1 Å². The maximum atomic E-state index is 12.2. The number of rotatable bonds is 3. The van der Waals surface area contributed by atoms with Crippen LogP contribution in [0.4, 0.5) is 9.59 Å². The average molecular weight is 469 g/mol. The molecule has 1 aliphatic heterocycles. The van der Waals surface area contributed by atoms with E-state index in [1.807, 2.05) is 24.3 Å². The van der Waals surface area contributed by atoms with Crippen LogP contribution in [0, 0.1) is 0 Å². The summed E-state index contributed by atoms with van der Waals surface area (Å²) in [6.45, 7) is 5.20. The number of pyridine rings is 1. The van der Waals surface area contributed by atoms with Crippen molar-refractivity contribution in [1.29, 1.82) is 0 Å². The number of aromatic nitrogens is 1. The standard InChI is InChI=1S/C25H25ClN2O5/c1-3-31-24(29)28-12-9-16(10-13-28)22-19-8-7-18(26)14-17(19)15-21(33-25(30)32-4-2)20-6-5-11-27-23(20)22/h5-8,11,14-15H,3-4,9-10,12-13H2,1-2H3. The molecule has 0 atom stereocenters. The SMILES string of the molecule is CCOC(=O)OC1=Cc2cc(Cl)ccc2C(=C2CCN(C(=O)OCC)CC2)c2ncccc21. The van der Waals surface area contributed by atoms with Gasteiger partial charge >= 0.3 is 12.2 Å². The largest absolute Gasteiger partial charge is 0.513 e. The minimum atomic E-state index is -0.777. The van der Waals surface area contributed by atoms with Gasteiger partial charge in [-0.1, -0.05) is 23.2 Å². The van der Waals surface area contributed by atoms with Crippen LogP contribution in [0.2, 0.25) is 5.02 Å². The van der Waals surface area contributed by atoms with E-state index in [1.165, 1.54) is 5.57 Å². The number of piperidine rings is 1. The summed E-state index contributed by atoms with van der Waals surface area (Å²) in [6.07, 6.45) is 3.80. The first kappa shape index (κ1) is 22.9. The highest BCUT2D eigenvalue weighted by Gasteiger charge is 2.28. The molecule has 1 aromatic heterocycles. The highest BCUT2D eigenvalue weighted by molar-refractivity contribution is 6.30. The number of hydrogen-bond donors (Lipinski definition) is 0. The second-order valence-electron chi connectivity index (χ2n) is 7.59. The Hall–Kier alpha value is -3.32. The summed E-state index contributed by atoms with van der Waals surface area (Å²) in [5, 5.41) is 0.570. The van der Waals surface area contributed by atoms with Gasteiger partial charge in [0.05, 0.1) is 18.9 Å².